The molecular weight excluding hydrogens is 260 g/mol. The maximum atomic E-state index is 12.4. The van der Waals surface area contributed by atoms with Gasteiger partial charge in [0.25, 0.3) is 0 Å². The molecule has 2 aromatic rings. The number of nitrogens with zero attached hydrogens (tertiary/aromatic N) is 1. The Bertz CT molecular complexity index is 681. The highest BCUT2D eigenvalue weighted by molar-refractivity contribution is 7.90. The van der Waals surface area contributed by atoms with Crippen LogP contribution in [0.25, 0.3) is 0 Å². The Morgan fingerprint density at radius 2 is 2.00 bits per heavy atom. The Kier molecular flexibility index (Phi) is 3.97. The molecule has 0 unspecified atom stereocenters. The second kappa shape index (κ2) is 5.50. The number of hydrogen-bond acceptors (Lipinski definition) is 4. The van der Waals surface area contributed by atoms with Crippen LogP contribution in [0.5, 0.6) is 0 Å². The van der Waals surface area contributed by atoms with Crippen molar-refractivity contribution in [3.63, 3.8) is 0 Å². The van der Waals surface area contributed by atoms with Gasteiger partial charge in [-0.3, -0.25) is 4.98 Å². The van der Waals surface area contributed by atoms with E-state index >= 15 is 0 Å². The Balaban J connectivity index is 2.37. The Hall–Kier alpha value is -1.72. The largest absolute Gasteiger partial charge is 0.325 e. The van der Waals surface area contributed by atoms with E-state index in [1.807, 2.05) is 13.0 Å². The fourth-order valence-electron chi connectivity index (χ4n) is 1.88. The van der Waals surface area contributed by atoms with Crippen LogP contribution in [0, 0.1) is 6.92 Å². The minimum absolute atomic E-state index is 0.0726. The van der Waals surface area contributed by atoms with Crippen LogP contribution >= 0.6 is 0 Å². The zero-order valence-electron chi connectivity index (χ0n) is 10.7. The lowest BCUT2D eigenvalue weighted by atomic mass is 10.2. The van der Waals surface area contributed by atoms with Gasteiger partial charge in [-0.25, -0.2) is 8.42 Å². The summed E-state index contributed by atoms with van der Waals surface area (Å²) in [6.45, 7) is 2.11. The summed E-state index contributed by atoms with van der Waals surface area (Å²) in [5.74, 6) is -0.0726. The maximum Gasteiger partial charge on any atom is 0.182 e. The van der Waals surface area contributed by atoms with Crippen molar-refractivity contribution in [3.05, 3.63) is 59.4 Å². The monoisotopic (exact) mass is 276 g/mol. The number of rotatable bonds is 4. The van der Waals surface area contributed by atoms with Gasteiger partial charge < -0.3 is 5.73 Å². The van der Waals surface area contributed by atoms with Crippen LogP contribution in [-0.4, -0.2) is 13.4 Å². The van der Waals surface area contributed by atoms with Crippen molar-refractivity contribution in [2.75, 3.05) is 0 Å². The highest BCUT2D eigenvalue weighted by Crippen LogP contribution is 2.18. The molecule has 1 heterocycles. The van der Waals surface area contributed by atoms with Crippen LogP contribution < -0.4 is 5.73 Å². The minimum Gasteiger partial charge on any atom is -0.325 e. The molecule has 0 atom stereocenters. The van der Waals surface area contributed by atoms with Crippen LogP contribution in [0.3, 0.4) is 0 Å². The van der Waals surface area contributed by atoms with Gasteiger partial charge in [0.05, 0.1) is 16.3 Å². The summed E-state index contributed by atoms with van der Waals surface area (Å²) < 4.78 is 24.7. The zero-order chi connectivity index (χ0) is 13.9. The lowest BCUT2D eigenvalue weighted by Crippen LogP contribution is -2.10. The van der Waals surface area contributed by atoms with E-state index in [0.29, 0.717) is 16.2 Å². The second-order valence-electron chi connectivity index (χ2n) is 4.39. The summed E-state index contributed by atoms with van der Waals surface area (Å²) in [4.78, 5) is 4.44. The topological polar surface area (TPSA) is 73.0 Å². The molecule has 19 heavy (non-hydrogen) atoms. The molecule has 0 bridgehead atoms. The molecule has 0 fully saturated rings. The van der Waals surface area contributed by atoms with E-state index in [9.17, 15) is 8.42 Å². The minimum atomic E-state index is -3.36. The number of aromatic nitrogens is 1. The van der Waals surface area contributed by atoms with Gasteiger partial charge in [-0.05, 0) is 36.2 Å². The molecule has 0 saturated heterocycles. The van der Waals surface area contributed by atoms with Crippen LogP contribution in [0.1, 0.15) is 16.8 Å². The van der Waals surface area contributed by atoms with Crippen molar-refractivity contribution >= 4 is 9.84 Å². The molecule has 0 aliphatic carbocycles. The first kappa shape index (κ1) is 13.7. The molecule has 4 nitrogen and oxygen atoms in total. The van der Waals surface area contributed by atoms with Crippen LogP contribution in [0.15, 0.2) is 47.5 Å². The van der Waals surface area contributed by atoms with Gasteiger partial charge in [0, 0.05) is 12.7 Å². The average Bonchev–Trinajstić information content (AvgIpc) is 2.39. The lowest BCUT2D eigenvalue weighted by Gasteiger charge is -2.08. The van der Waals surface area contributed by atoms with Crippen molar-refractivity contribution in [1.29, 1.82) is 0 Å². The van der Waals surface area contributed by atoms with Crippen molar-refractivity contribution in [1.82, 2.24) is 4.98 Å². The third-order valence-corrected chi connectivity index (χ3v) is 4.54. The quantitative estimate of drug-likeness (QED) is 0.924. The van der Waals surface area contributed by atoms with Crippen molar-refractivity contribution in [2.45, 2.75) is 24.1 Å². The summed E-state index contributed by atoms with van der Waals surface area (Å²) in [6, 6.07) is 10.4. The number of nitrogens with two attached hydrogens (primary N) is 1. The fraction of sp³-hybridized carbons (Fsp3) is 0.214. The van der Waals surface area contributed by atoms with E-state index in [1.54, 1.807) is 36.5 Å². The van der Waals surface area contributed by atoms with Gasteiger partial charge in [0.1, 0.15) is 0 Å². The van der Waals surface area contributed by atoms with Gasteiger partial charge in [0.15, 0.2) is 9.84 Å². The van der Waals surface area contributed by atoms with E-state index in [-0.39, 0.29) is 12.3 Å². The molecule has 2 rings (SSSR count). The van der Waals surface area contributed by atoms with Crippen LogP contribution in [0.2, 0.25) is 0 Å². The molecule has 2 N–H and O–H groups in total. The predicted molar refractivity (Wildman–Crippen MR) is 74.2 cm³/mol. The summed E-state index contributed by atoms with van der Waals surface area (Å²) in [5, 5.41) is 0. The van der Waals surface area contributed by atoms with Crippen LogP contribution in [0.4, 0.5) is 0 Å². The molecule has 0 aliphatic rings. The number of benzene rings is 1. The van der Waals surface area contributed by atoms with Gasteiger partial charge in [-0.1, -0.05) is 18.2 Å². The number of aryl methyl sites for hydroxylation is 1. The normalized spacial score (nSPS) is 11.5. The molecule has 100 valence electrons. The average molecular weight is 276 g/mol. The first-order valence-electron chi connectivity index (χ1n) is 5.95. The Morgan fingerprint density at radius 1 is 1.21 bits per heavy atom. The molecule has 1 aromatic carbocycles. The third-order valence-electron chi connectivity index (χ3n) is 2.87. The molecule has 0 aliphatic heterocycles. The van der Waals surface area contributed by atoms with E-state index in [4.69, 9.17) is 5.73 Å². The molecule has 0 saturated carbocycles. The Morgan fingerprint density at radius 3 is 2.68 bits per heavy atom. The molecule has 0 radical (unpaired) electrons. The van der Waals surface area contributed by atoms with Crippen molar-refractivity contribution in [3.8, 4) is 0 Å². The lowest BCUT2D eigenvalue weighted by molar-refractivity contribution is 0.595. The summed E-state index contributed by atoms with van der Waals surface area (Å²) >= 11 is 0. The summed E-state index contributed by atoms with van der Waals surface area (Å²) in [6.07, 6.45) is 1.62. The maximum absolute atomic E-state index is 12.4. The summed E-state index contributed by atoms with van der Waals surface area (Å²) in [5.41, 5.74) is 7.78. The van der Waals surface area contributed by atoms with Gasteiger partial charge in [-0.2, -0.15) is 0 Å². The van der Waals surface area contributed by atoms with E-state index in [2.05, 4.69) is 4.98 Å². The van der Waals surface area contributed by atoms with E-state index in [1.165, 1.54) is 0 Å². The molecule has 5 heteroatoms. The van der Waals surface area contributed by atoms with Crippen molar-refractivity contribution in [2.24, 2.45) is 5.73 Å². The van der Waals surface area contributed by atoms with Crippen LogP contribution in [-0.2, 0) is 22.1 Å². The number of hydrogen-bond donors (Lipinski definition) is 1. The Labute approximate surface area is 113 Å². The second-order valence-corrected chi connectivity index (χ2v) is 6.38. The highest BCUT2D eigenvalue weighted by atomic mass is 32.2. The number of pyridine rings is 1. The predicted octanol–water partition coefficient (Wildman–Crippen LogP) is 1.82. The first-order chi connectivity index (χ1) is 9.03. The van der Waals surface area contributed by atoms with Gasteiger partial charge >= 0.3 is 0 Å². The van der Waals surface area contributed by atoms with E-state index in [0.717, 1.165) is 5.56 Å². The van der Waals surface area contributed by atoms with Gasteiger partial charge in [0.2, 0.25) is 0 Å². The first-order valence-corrected chi connectivity index (χ1v) is 7.60. The fourth-order valence-corrected chi connectivity index (χ4v) is 3.37. The van der Waals surface area contributed by atoms with Crippen molar-refractivity contribution < 1.29 is 8.42 Å². The van der Waals surface area contributed by atoms with Gasteiger partial charge in [-0.15, -0.1) is 0 Å². The molecule has 1 aromatic heterocycles. The smallest absolute Gasteiger partial charge is 0.182 e. The molecular formula is C14H16N2O2S. The highest BCUT2D eigenvalue weighted by Gasteiger charge is 2.17. The summed E-state index contributed by atoms with van der Waals surface area (Å²) in [7, 11) is -3.36. The third kappa shape index (κ3) is 3.19. The molecule has 0 amide bonds. The molecule has 0 spiro atoms. The number of sulfone groups is 1. The standard InChI is InChI=1S/C14H16N2O2S/c1-11-4-2-6-13(8-11)19(17,18)10-12-5-3-7-16-14(12)9-15/h2-8H,9-10,15H2,1H3. The SMILES string of the molecule is Cc1cccc(S(=O)(=O)Cc2cccnc2CN)c1. The zero-order valence-corrected chi connectivity index (χ0v) is 11.5. The van der Waals surface area contributed by atoms with E-state index < -0.39 is 9.84 Å².